The van der Waals surface area contributed by atoms with Crippen molar-refractivity contribution in [3.8, 4) is 5.69 Å². The zero-order valence-corrected chi connectivity index (χ0v) is 12.2. The summed E-state index contributed by atoms with van der Waals surface area (Å²) in [4.78, 5) is 23.4. The number of carbonyl (C=O) groups excluding carboxylic acids is 1. The van der Waals surface area contributed by atoms with Crippen LogP contribution < -0.4 is 5.32 Å². The van der Waals surface area contributed by atoms with Crippen LogP contribution in [0.3, 0.4) is 0 Å². The van der Waals surface area contributed by atoms with Crippen LogP contribution in [0.25, 0.3) is 5.69 Å². The van der Waals surface area contributed by atoms with Crippen molar-refractivity contribution in [3.05, 3.63) is 42.2 Å². The van der Waals surface area contributed by atoms with Crippen molar-refractivity contribution >= 4 is 11.9 Å². The van der Waals surface area contributed by atoms with Gasteiger partial charge in [0.05, 0.1) is 24.7 Å². The molecule has 0 fully saturated rings. The SMILES string of the molecule is COCC(C)(NC(=O)c1ccc(-n2ccnn2)cc1)C(=O)O. The van der Waals surface area contributed by atoms with Gasteiger partial charge in [0.1, 0.15) is 0 Å². The fourth-order valence-corrected chi connectivity index (χ4v) is 1.87. The standard InChI is InChI=1S/C14H16N4O4/c1-14(9-22-2,13(20)21)16-12(19)10-3-5-11(6-4-10)18-8-7-15-17-18/h3-8H,9H2,1-2H3,(H,16,19)(H,20,21). The monoisotopic (exact) mass is 304 g/mol. The molecule has 2 rings (SSSR count). The minimum absolute atomic E-state index is 0.134. The molecule has 0 spiro atoms. The van der Waals surface area contributed by atoms with E-state index in [-0.39, 0.29) is 6.61 Å². The molecule has 116 valence electrons. The molecule has 0 saturated carbocycles. The highest BCUT2D eigenvalue weighted by Gasteiger charge is 2.35. The van der Waals surface area contributed by atoms with Crippen LogP contribution in [0.4, 0.5) is 0 Å². The zero-order chi connectivity index (χ0) is 16.2. The van der Waals surface area contributed by atoms with Gasteiger partial charge < -0.3 is 15.2 Å². The van der Waals surface area contributed by atoms with Gasteiger partial charge in [0.2, 0.25) is 0 Å². The Hall–Kier alpha value is -2.74. The summed E-state index contributed by atoms with van der Waals surface area (Å²) in [6.45, 7) is 1.26. The lowest BCUT2D eigenvalue weighted by molar-refractivity contribution is -0.145. The van der Waals surface area contributed by atoms with Crippen LogP contribution in [0.15, 0.2) is 36.7 Å². The van der Waals surface area contributed by atoms with Gasteiger partial charge in [-0.15, -0.1) is 5.10 Å². The number of benzene rings is 1. The fourth-order valence-electron chi connectivity index (χ4n) is 1.87. The number of aliphatic carboxylic acids is 1. The third-order valence-electron chi connectivity index (χ3n) is 3.11. The molecular weight excluding hydrogens is 288 g/mol. The molecule has 8 heteroatoms. The van der Waals surface area contributed by atoms with Crippen molar-refractivity contribution < 1.29 is 19.4 Å². The Bertz CT molecular complexity index is 654. The molecule has 1 aromatic heterocycles. The molecule has 1 amide bonds. The lowest BCUT2D eigenvalue weighted by Gasteiger charge is -2.25. The second-order valence-corrected chi connectivity index (χ2v) is 4.92. The molecule has 2 N–H and O–H groups in total. The van der Waals surface area contributed by atoms with Gasteiger partial charge in [-0.1, -0.05) is 5.21 Å². The van der Waals surface area contributed by atoms with Crippen LogP contribution in [0.1, 0.15) is 17.3 Å². The first kappa shape index (κ1) is 15.6. The van der Waals surface area contributed by atoms with Crippen molar-refractivity contribution in [1.29, 1.82) is 0 Å². The largest absolute Gasteiger partial charge is 0.479 e. The number of hydrogen-bond donors (Lipinski definition) is 2. The summed E-state index contributed by atoms with van der Waals surface area (Å²) in [5.41, 5.74) is -0.407. The summed E-state index contributed by atoms with van der Waals surface area (Å²) < 4.78 is 6.41. The van der Waals surface area contributed by atoms with Gasteiger partial charge in [0.15, 0.2) is 5.54 Å². The quantitative estimate of drug-likeness (QED) is 0.804. The Labute approximate surface area is 126 Å². The fraction of sp³-hybridized carbons (Fsp3) is 0.286. The first-order valence-electron chi connectivity index (χ1n) is 6.48. The van der Waals surface area contributed by atoms with E-state index >= 15 is 0 Å². The van der Waals surface area contributed by atoms with E-state index in [1.54, 1.807) is 41.3 Å². The third-order valence-corrected chi connectivity index (χ3v) is 3.11. The molecule has 1 heterocycles. The molecule has 0 aliphatic rings. The van der Waals surface area contributed by atoms with E-state index in [4.69, 9.17) is 4.74 Å². The van der Waals surface area contributed by atoms with Gasteiger partial charge in [0, 0.05) is 12.7 Å². The minimum atomic E-state index is -1.49. The number of methoxy groups -OCH3 is 1. The van der Waals surface area contributed by atoms with E-state index < -0.39 is 17.4 Å². The number of hydrogen-bond acceptors (Lipinski definition) is 5. The molecule has 1 aromatic carbocycles. The van der Waals surface area contributed by atoms with Gasteiger partial charge in [0.25, 0.3) is 5.91 Å². The Morgan fingerprint density at radius 1 is 1.36 bits per heavy atom. The van der Waals surface area contributed by atoms with E-state index in [0.29, 0.717) is 5.56 Å². The van der Waals surface area contributed by atoms with E-state index in [9.17, 15) is 14.7 Å². The van der Waals surface area contributed by atoms with E-state index in [2.05, 4.69) is 15.6 Å². The Kier molecular flexibility index (Phi) is 4.52. The molecule has 0 bridgehead atoms. The molecule has 1 atom stereocenters. The molecule has 0 radical (unpaired) electrons. The maximum atomic E-state index is 12.2. The molecule has 1 unspecified atom stereocenters. The Morgan fingerprint density at radius 3 is 2.55 bits per heavy atom. The highest BCUT2D eigenvalue weighted by atomic mass is 16.5. The first-order chi connectivity index (χ1) is 10.5. The van der Waals surface area contributed by atoms with Crippen molar-refractivity contribution in [2.45, 2.75) is 12.5 Å². The van der Waals surface area contributed by atoms with Crippen molar-refractivity contribution in [1.82, 2.24) is 20.3 Å². The summed E-state index contributed by atoms with van der Waals surface area (Å²) in [6, 6.07) is 6.55. The lowest BCUT2D eigenvalue weighted by Crippen LogP contribution is -2.55. The average molecular weight is 304 g/mol. The highest BCUT2D eigenvalue weighted by Crippen LogP contribution is 2.11. The van der Waals surface area contributed by atoms with Crippen LogP contribution in [0.5, 0.6) is 0 Å². The van der Waals surface area contributed by atoms with Gasteiger partial charge in [-0.05, 0) is 31.2 Å². The van der Waals surface area contributed by atoms with E-state index in [0.717, 1.165) is 5.69 Å². The second kappa shape index (κ2) is 6.35. The van der Waals surface area contributed by atoms with Gasteiger partial charge in [-0.3, -0.25) is 4.79 Å². The molecule has 0 aliphatic carbocycles. The predicted octanol–water partition coefficient (Wildman–Crippen LogP) is 0.487. The summed E-state index contributed by atoms with van der Waals surface area (Å²) in [5, 5.41) is 19.2. The number of rotatable bonds is 6. The number of aromatic nitrogens is 3. The third kappa shape index (κ3) is 3.29. The predicted molar refractivity (Wildman–Crippen MR) is 76.7 cm³/mol. The summed E-state index contributed by atoms with van der Waals surface area (Å²) in [6.07, 6.45) is 3.22. The molecule has 8 nitrogen and oxygen atoms in total. The van der Waals surface area contributed by atoms with E-state index in [1.807, 2.05) is 0 Å². The number of carbonyl (C=O) groups is 2. The highest BCUT2D eigenvalue weighted by molar-refractivity contribution is 5.97. The van der Waals surface area contributed by atoms with Crippen LogP contribution in [0, 0.1) is 0 Å². The topological polar surface area (TPSA) is 106 Å². The van der Waals surface area contributed by atoms with Crippen molar-refractivity contribution in [2.75, 3.05) is 13.7 Å². The maximum Gasteiger partial charge on any atom is 0.331 e. The molecular formula is C14H16N4O4. The van der Waals surface area contributed by atoms with Crippen LogP contribution >= 0.6 is 0 Å². The number of ether oxygens (including phenoxy) is 1. The Morgan fingerprint density at radius 2 is 2.05 bits per heavy atom. The lowest BCUT2D eigenvalue weighted by atomic mass is 10.0. The van der Waals surface area contributed by atoms with Crippen molar-refractivity contribution in [3.63, 3.8) is 0 Å². The molecule has 22 heavy (non-hydrogen) atoms. The average Bonchev–Trinajstić information content (AvgIpc) is 3.01. The van der Waals surface area contributed by atoms with Crippen LogP contribution in [-0.2, 0) is 9.53 Å². The normalized spacial score (nSPS) is 13.4. The molecule has 2 aromatic rings. The summed E-state index contributed by atoms with van der Waals surface area (Å²) >= 11 is 0. The number of amides is 1. The van der Waals surface area contributed by atoms with E-state index in [1.165, 1.54) is 14.0 Å². The van der Waals surface area contributed by atoms with Crippen LogP contribution in [-0.4, -0.2) is 51.2 Å². The van der Waals surface area contributed by atoms with Gasteiger partial charge in [-0.2, -0.15) is 0 Å². The molecule has 0 aliphatic heterocycles. The maximum absolute atomic E-state index is 12.2. The summed E-state index contributed by atoms with van der Waals surface area (Å²) in [5.74, 6) is -1.66. The summed E-state index contributed by atoms with van der Waals surface area (Å²) in [7, 11) is 1.38. The second-order valence-electron chi connectivity index (χ2n) is 4.92. The number of carboxylic acid groups (broad SMARTS) is 1. The van der Waals surface area contributed by atoms with Gasteiger partial charge in [-0.25, -0.2) is 9.48 Å². The number of carboxylic acids is 1. The number of nitrogens with zero attached hydrogens (tertiary/aromatic N) is 3. The van der Waals surface area contributed by atoms with Crippen molar-refractivity contribution in [2.24, 2.45) is 0 Å². The van der Waals surface area contributed by atoms with Crippen LogP contribution in [0.2, 0.25) is 0 Å². The minimum Gasteiger partial charge on any atom is -0.479 e. The zero-order valence-electron chi connectivity index (χ0n) is 12.2. The number of nitrogens with one attached hydrogen (secondary N) is 1. The smallest absolute Gasteiger partial charge is 0.331 e. The van der Waals surface area contributed by atoms with Gasteiger partial charge >= 0.3 is 5.97 Å². The Balaban J connectivity index is 2.14. The first-order valence-corrected chi connectivity index (χ1v) is 6.48. The molecule has 0 saturated heterocycles.